The number of carbonyl (C=O) groups is 1. The molecular weight excluding hydrogens is 364 g/mol. The summed E-state index contributed by atoms with van der Waals surface area (Å²) in [6, 6.07) is 7.07. The molecule has 1 unspecified atom stereocenters. The highest BCUT2D eigenvalue weighted by molar-refractivity contribution is 7.89. The molecule has 0 saturated carbocycles. The lowest BCUT2D eigenvalue weighted by molar-refractivity contribution is -0.142. The molecule has 1 atom stereocenters. The third-order valence-electron chi connectivity index (χ3n) is 5.13. The van der Waals surface area contributed by atoms with Crippen LogP contribution in [-0.2, 0) is 26.0 Å². The molecule has 1 heterocycles. The summed E-state index contributed by atoms with van der Waals surface area (Å²) in [6.07, 6.45) is 5.86. The number of aryl methyl sites for hydroxylation is 1. The molecule has 6 nitrogen and oxygen atoms in total. The van der Waals surface area contributed by atoms with Crippen LogP contribution >= 0.6 is 0 Å². The van der Waals surface area contributed by atoms with E-state index >= 15 is 0 Å². The van der Waals surface area contributed by atoms with Crippen molar-refractivity contribution in [3.8, 4) is 0 Å². The Bertz CT molecular complexity index is 718. The molecule has 0 amide bonds. The fourth-order valence-electron chi connectivity index (χ4n) is 3.73. The van der Waals surface area contributed by atoms with E-state index in [-0.39, 0.29) is 11.3 Å². The van der Waals surface area contributed by atoms with Gasteiger partial charge in [0, 0.05) is 6.54 Å². The summed E-state index contributed by atoms with van der Waals surface area (Å²) in [5, 5.41) is 0. The van der Waals surface area contributed by atoms with Crippen molar-refractivity contribution in [2.75, 3.05) is 27.2 Å². The quantitative estimate of drug-likeness (QED) is 0.513. The second-order valence-electron chi connectivity index (χ2n) is 7.58. The van der Waals surface area contributed by atoms with Crippen molar-refractivity contribution >= 4 is 16.0 Å². The van der Waals surface area contributed by atoms with Crippen molar-refractivity contribution in [2.45, 2.75) is 62.3 Å². The van der Waals surface area contributed by atoms with Crippen LogP contribution in [0.2, 0.25) is 0 Å². The van der Waals surface area contributed by atoms with E-state index in [9.17, 15) is 13.2 Å². The Morgan fingerprint density at radius 1 is 1.26 bits per heavy atom. The zero-order valence-corrected chi connectivity index (χ0v) is 17.5. The van der Waals surface area contributed by atoms with Gasteiger partial charge in [0.1, 0.15) is 0 Å². The van der Waals surface area contributed by atoms with E-state index in [1.165, 1.54) is 13.5 Å². The summed E-state index contributed by atoms with van der Waals surface area (Å²) >= 11 is 0. The number of piperidine rings is 1. The van der Waals surface area contributed by atoms with Gasteiger partial charge in [0.05, 0.1) is 24.0 Å². The van der Waals surface area contributed by atoms with Crippen LogP contribution in [0.15, 0.2) is 29.2 Å². The summed E-state index contributed by atoms with van der Waals surface area (Å²) in [5.41, 5.74) is 0.308. The lowest BCUT2D eigenvalue weighted by atomic mass is 9.87. The number of nitrogens with one attached hydrogen (secondary N) is 1. The number of rotatable bonds is 9. The number of carbonyl (C=O) groups excluding carboxylic acids is 1. The standard InChI is InChI=1S/C20H32N2O4S/c1-4-5-6-8-17-9-11-18(12-10-17)27(24,25)21-20(15-19(23)26-3)13-7-14-22(2)16-20/h9-12,21H,4-8,13-16H2,1-3H3. The number of nitrogens with zero attached hydrogens (tertiary/aromatic N) is 1. The molecule has 1 aromatic rings. The van der Waals surface area contributed by atoms with Crippen molar-refractivity contribution in [1.29, 1.82) is 0 Å². The van der Waals surface area contributed by atoms with E-state index in [0.717, 1.165) is 37.8 Å². The molecule has 1 fully saturated rings. The maximum absolute atomic E-state index is 13.0. The van der Waals surface area contributed by atoms with Crippen molar-refractivity contribution < 1.29 is 17.9 Å². The first-order valence-electron chi connectivity index (χ1n) is 9.68. The molecule has 0 bridgehead atoms. The molecule has 1 saturated heterocycles. The number of benzene rings is 1. The summed E-state index contributed by atoms with van der Waals surface area (Å²) in [4.78, 5) is 14.2. The topological polar surface area (TPSA) is 75.7 Å². The third-order valence-corrected chi connectivity index (χ3v) is 6.73. The number of likely N-dealkylation sites (tertiary alicyclic amines) is 1. The van der Waals surface area contributed by atoms with Gasteiger partial charge in [-0.05, 0) is 57.0 Å². The van der Waals surface area contributed by atoms with Gasteiger partial charge in [-0.1, -0.05) is 31.9 Å². The first-order chi connectivity index (χ1) is 12.8. The molecule has 152 valence electrons. The number of methoxy groups -OCH3 is 1. The van der Waals surface area contributed by atoms with Crippen LogP contribution in [0.3, 0.4) is 0 Å². The van der Waals surface area contributed by atoms with Gasteiger partial charge in [0.2, 0.25) is 10.0 Å². The minimum atomic E-state index is -3.72. The molecule has 1 aliphatic heterocycles. The Morgan fingerprint density at radius 2 is 1.96 bits per heavy atom. The van der Waals surface area contributed by atoms with Gasteiger partial charge in [0.25, 0.3) is 0 Å². The molecule has 27 heavy (non-hydrogen) atoms. The molecule has 0 aromatic heterocycles. The van der Waals surface area contributed by atoms with Gasteiger partial charge >= 0.3 is 5.97 Å². The van der Waals surface area contributed by atoms with E-state index in [0.29, 0.717) is 13.0 Å². The molecule has 1 aliphatic rings. The number of unbranched alkanes of at least 4 members (excludes halogenated alkanes) is 2. The van der Waals surface area contributed by atoms with Crippen LogP contribution in [0.5, 0.6) is 0 Å². The Morgan fingerprint density at radius 3 is 2.56 bits per heavy atom. The van der Waals surface area contributed by atoms with Gasteiger partial charge in [-0.3, -0.25) is 4.79 Å². The summed E-state index contributed by atoms with van der Waals surface area (Å²) < 4.78 is 33.6. The predicted molar refractivity (Wildman–Crippen MR) is 106 cm³/mol. The number of esters is 1. The third kappa shape index (κ3) is 6.30. The zero-order chi connectivity index (χ0) is 19.9. The van der Waals surface area contributed by atoms with Gasteiger partial charge in [0.15, 0.2) is 0 Å². The van der Waals surface area contributed by atoms with E-state index < -0.39 is 21.5 Å². The van der Waals surface area contributed by atoms with Crippen LogP contribution in [-0.4, -0.2) is 52.1 Å². The van der Waals surface area contributed by atoms with Crippen molar-refractivity contribution in [1.82, 2.24) is 9.62 Å². The molecule has 0 aliphatic carbocycles. The van der Waals surface area contributed by atoms with E-state index in [2.05, 4.69) is 11.6 Å². The van der Waals surface area contributed by atoms with Crippen LogP contribution in [0.1, 0.15) is 51.0 Å². The Balaban J connectivity index is 2.16. The summed E-state index contributed by atoms with van der Waals surface area (Å²) in [7, 11) is -0.459. The average molecular weight is 397 g/mol. The Kier molecular flexibility index (Phi) is 7.82. The van der Waals surface area contributed by atoms with Crippen molar-refractivity contribution in [2.24, 2.45) is 0 Å². The highest BCUT2D eigenvalue weighted by atomic mass is 32.2. The normalized spacial score (nSPS) is 21.1. The van der Waals surface area contributed by atoms with Gasteiger partial charge < -0.3 is 9.64 Å². The van der Waals surface area contributed by atoms with Gasteiger partial charge in [-0.25, -0.2) is 13.1 Å². The van der Waals surface area contributed by atoms with Crippen LogP contribution in [0.25, 0.3) is 0 Å². The largest absolute Gasteiger partial charge is 0.469 e. The molecule has 7 heteroatoms. The maximum atomic E-state index is 13.0. The highest BCUT2D eigenvalue weighted by Crippen LogP contribution is 2.27. The lowest BCUT2D eigenvalue weighted by Gasteiger charge is -2.41. The predicted octanol–water partition coefficient (Wildman–Crippen LogP) is 2.73. The molecule has 1 aromatic carbocycles. The Labute approximate surface area is 163 Å². The van der Waals surface area contributed by atoms with Crippen LogP contribution < -0.4 is 4.72 Å². The first-order valence-corrected chi connectivity index (χ1v) is 11.2. The minimum absolute atomic E-state index is 0.0299. The number of hydrogen-bond donors (Lipinski definition) is 1. The number of ether oxygens (including phenoxy) is 1. The van der Waals surface area contributed by atoms with Crippen molar-refractivity contribution in [3.05, 3.63) is 29.8 Å². The molecular formula is C20H32N2O4S. The fraction of sp³-hybridized carbons (Fsp3) is 0.650. The summed E-state index contributed by atoms with van der Waals surface area (Å²) in [6.45, 7) is 3.53. The van der Waals surface area contributed by atoms with Gasteiger partial charge in [-0.15, -0.1) is 0 Å². The first kappa shape index (κ1) is 21.9. The highest BCUT2D eigenvalue weighted by Gasteiger charge is 2.40. The lowest BCUT2D eigenvalue weighted by Crippen LogP contribution is -2.58. The molecule has 2 rings (SSSR count). The van der Waals surface area contributed by atoms with Crippen LogP contribution in [0.4, 0.5) is 0 Å². The molecule has 0 spiro atoms. The molecule has 1 N–H and O–H groups in total. The Hall–Kier alpha value is -1.44. The zero-order valence-electron chi connectivity index (χ0n) is 16.7. The number of likely N-dealkylation sites (N-methyl/N-ethyl adjacent to an activating group) is 1. The van der Waals surface area contributed by atoms with Crippen LogP contribution in [0, 0.1) is 0 Å². The van der Waals surface area contributed by atoms with E-state index in [1.54, 1.807) is 12.1 Å². The number of sulfonamides is 1. The minimum Gasteiger partial charge on any atom is -0.469 e. The van der Waals surface area contributed by atoms with Gasteiger partial charge in [-0.2, -0.15) is 0 Å². The fourth-order valence-corrected chi connectivity index (χ4v) is 5.15. The summed E-state index contributed by atoms with van der Waals surface area (Å²) in [5.74, 6) is -0.403. The van der Waals surface area contributed by atoms with E-state index in [4.69, 9.17) is 4.74 Å². The average Bonchev–Trinajstić information content (AvgIpc) is 2.61. The number of hydrogen-bond acceptors (Lipinski definition) is 5. The second kappa shape index (κ2) is 9.66. The van der Waals surface area contributed by atoms with Crippen molar-refractivity contribution in [3.63, 3.8) is 0 Å². The molecule has 0 radical (unpaired) electrons. The SMILES string of the molecule is CCCCCc1ccc(S(=O)(=O)NC2(CC(=O)OC)CCCN(C)C2)cc1. The van der Waals surface area contributed by atoms with E-state index in [1.807, 2.05) is 24.1 Å². The second-order valence-corrected chi connectivity index (χ2v) is 9.26. The monoisotopic (exact) mass is 396 g/mol. The maximum Gasteiger partial charge on any atom is 0.307 e. The smallest absolute Gasteiger partial charge is 0.307 e.